The summed E-state index contributed by atoms with van der Waals surface area (Å²) in [5.74, 6) is 0.0716. The number of carbonyl (C=O) groups excluding carboxylic acids is 1. The number of rotatable bonds is 5. The molecule has 0 aliphatic heterocycles. The maximum Gasteiger partial charge on any atom is 0.224 e. The first-order chi connectivity index (χ1) is 12.1. The number of aryl methyl sites for hydroxylation is 1. The first-order valence-corrected chi connectivity index (χ1v) is 9.13. The van der Waals surface area contributed by atoms with E-state index in [1.807, 2.05) is 31.2 Å². The zero-order valence-corrected chi connectivity index (χ0v) is 17.4. The molecule has 1 aromatic heterocycles. The minimum absolute atomic E-state index is 0. The maximum absolute atomic E-state index is 12.7. The van der Waals surface area contributed by atoms with E-state index in [1.54, 1.807) is 12.4 Å². The number of anilines is 1. The number of hydrogen-bond acceptors (Lipinski definition) is 3. The van der Waals surface area contributed by atoms with Crippen LogP contribution in [0.25, 0.3) is 11.1 Å². The van der Waals surface area contributed by atoms with Crippen LogP contribution in [0.3, 0.4) is 0 Å². The first kappa shape index (κ1) is 23.4. The Morgan fingerprint density at radius 3 is 2.37 bits per heavy atom. The van der Waals surface area contributed by atoms with E-state index in [9.17, 15) is 4.79 Å². The number of nitrogens with zero attached hydrogens (tertiary/aromatic N) is 1. The molecule has 0 radical (unpaired) electrons. The summed E-state index contributed by atoms with van der Waals surface area (Å²) in [4.78, 5) is 16.7. The molecule has 1 fully saturated rings. The average molecular weight is 410 g/mol. The summed E-state index contributed by atoms with van der Waals surface area (Å²) in [5.41, 5.74) is 10.1. The van der Waals surface area contributed by atoms with Crippen molar-refractivity contribution in [1.29, 1.82) is 0 Å². The molecule has 0 bridgehead atoms. The second-order valence-electron chi connectivity index (χ2n) is 7.26. The van der Waals surface area contributed by atoms with Crippen LogP contribution >= 0.6 is 24.8 Å². The Labute approximate surface area is 174 Å². The number of halogens is 2. The third kappa shape index (κ3) is 5.93. The van der Waals surface area contributed by atoms with Crippen LogP contribution in [0.4, 0.5) is 5.69 Å². The number of nitrogens with one attached hydrogen (secondary N) is 1. The molecule has 0 atom stereocenters. The van der Waals surface area contributed by atoms with Crippen molar-refractivity contribution in [3.8, 4) is 11.1 Å². The highest BCUT2D eigenvalue weighted by molar-refractivity contribution is 5.92. The summed E-state index contributed by atoms with van der Waals surface area (Å²) in [5, 5.41) is 3.12. The Kier molecular flexibility index (Phi) is 9.23. The fraction of sp³-hybridized carbons (Fsp3) is 0.429. The number of nitrogens with two attached hydrogens (primary N) is 1. The number of benzene rings is 1. The van der Waals surface area contributed by atoms with E-state index in [-0.39, 0.29) is 36.1 Å². The topological polar surface area (TPSA) is 68.0 Å². The van der Waals surface area contributed by atoms with Crippen molar-refractivity contribution in [3.63, 3.8) is 0 Å². The van der Waals surface area contributed by atoms with Gasteiger partial charge in [0.15, 0.2) is 0 Å². The molecule has 1 saturated carbocycles. The van der Waals surface area contributed by atoms with Crippen molar-refractivity contribution in [1.82, 2.24) is 4.98 Å². The van der Waals surface area contributed by atoms with Gasteiger partial charge in [0.05, 0.1) is 0 Å². The summed E-state index contributed by atoms with van der Waals surface area (Å²) in [7, 11) is 0. The SMILES string of the molecule is Cc1ccc(-c2ccncc2)cc1NC(=O)CC1(CN)CCCCC1.Cl.Cl. The van der Waals surface area contributed by atoms with Crippen LogP contribution in [0.2, 0.25) is 0 Å². The minimum Gasteiger partial charge on any atom is -0.330 e. The monoisotopic (exact) mass is 409 g/mol. The molecule has 148 valence electrons. The van der Waals surface area contributed by atoms with Crippen LogP contribution < -0.4 is 11.1 Å². The van der Waals surface area contributed by atoms with Crippen molar-refractivity contribution >= 4 is 36.4 Å². The van der Waals surface area contributed by atoms with Crippen LogP contribution in [0, 0.1) is 12.3 Å². The second kappa shape index (κ2) is 10.6. The summed E-state index contributed by atoms with van der Waals surface area (Å²) in [6, 6.07) is 10.1. The average Bonchev–Trinajstić information content (AvgIpc) is 2.65. The van der Waals surface area contributed by atoms with Crippen LogP contribution in [-0.4, -0.2) is 17.4 Å². The first-order valence-electron chi connectivity index (χ1n) is 9.13. The predicted octanol–water partition coefficient (Wildman–Crippen LogP) is 5.14. The van der Waals surface area contributed by atoms with E-state index in [0.29, 0.717) is 13.0 Å². The van der Waals surface area contributed by atoms with Gasteiger partial charge >= 0.3 is 0 Å². The fourth-order valence-corrected chi connectivity index (χ4v) is 3.77. The number of pyridine rings is 1. The van der Waals surface area contributed by atoms with E-state index in [2.05, 4.69) is 16.4 Å². The lowest BCUT2D eigenvalue weighted by atomic mass is 9.71. The molecule has 1 aromatic carbocycles. The Bertz CT molecular complexity index is 731. The Balaban J connectivity index is 0.00000182. The molecule has 0 saturated heterocycles. The highest BCUT2D eigenvalue weighted by atomic mass is 35.5. The van der Waals surface area contributed by atoms with Gasteiger partial charge in [-0.15, -0.1) is 24.8 Å². The summed E-state index contributed by atoms with van der Waals surface area (Å²) < 4.78 is 0. The molecule has 0 unspecified atom stereocenters. The molecule has 6 heteroatoms. The van der Waals surface area contributed by atoms with Gasteiger partial charge in [0, 0.05) is 24.5 Å². The van der Waals surface area contributed by atoms with Crippen molar-refractivity contribution in [2.75, 3.05) is 11.9 Å². The van der Waals surface area contributed by atoms with E-state index in [4.69, 9.17) is 5.73 Å². The summed E-state index contributed by atoms with van der Waals surface area (Å²) >= 11 is 0. The lowest BCUT2D eigenvalue weighted by molar-refractivity contribution is -0.118. The van der Waals surface area contributed by atoms with E-state index < -0.39 is 0 Å². The number of amides is 1. The lowest BCUT2D eigenvalue weighted by Gasteiger charge is -2.35. The third-order valence-electron chi connectivity index (χ3n) is 5.41. The lowest BCUT2D eigenvalue weighted by Crippen LogP contribution is -2.36. The van der Waals surface area contributed by atoms with E-state index in [1.165, 1.54) is 19.3 Å². The molecule has 1 amide bonds. The normalized spacial score (nSPS) is 15.2. The fourth-order valence-electron chi connectivity index (χ4n) is 3.77. The van der Waals surface area contributed by atoms with Gasteiger partial charge in [-0.3, -0.25) is 9.78 Å². The molecule has 27 heavy (non-hydrogen) atoms. The molecule has 1 heterocycles. The molecule has 3 N–H and O–H groups in total. The molecule has 4 nitrogen and oxygen atoms in total. The molecule has 1 aliphatic carbocycles. The van der Waals surface area contributed by atoms with Gasteiger partial charge in [-0.1, -0.05) is 31.4 Å². The molecule has 2 aromatic rings. The van der Waals surface area contributed by atoms with Crippen molar-refractivity contribution in [3.05, 3.63) is 48.3 Å². The second-order valence-corrected chi connectivity index (χ2v) is 7.26. The number of carbonyl (C=O) groups is 1. The molecule has 1 aliphatic rings. The Morgan fingerprint density at radius 1 is 1.07 bits per heavy atom. The summed E-state index contributed by atoms with van der Waals surface area (Å²) in [6.45, 7) is 2.61. The van der Waals surface area contributed by atoms with Crippen molar-refractivity contribution in [2.24, 2.45) is 11.1 Å². The van der Waals surface area contributed by atoms with Gasteiger partial charge in [0.25, 0.3) is 0 Å². The van der Waals surface area contributed by atoms with Crippen LogP contribution in [-0.2, 0) is 4.79 Å². The molecular formula is C21H29Cl2N3O. The van der Waals surface area contributed by atoms with Crippen molar-refractivity contribution in [2.45, 2.75) is 45.4 Å². The quantitative estimate of drug-likeness (QED) is 0.717. The minimum atomic E-state index is -0.0149. The van der Waals surface area contributed by atoms with Gasteiger partial charge in [0.2, 0.25) is 5.91 Å². The summed E-state index contributed by atoms with van der Waals surface area (Å²) in [6.07, 6.45) is 9.82. The molecular weight excluding hydrogens is 381 g/mol. The number of hydrogen-bond donors (Lipinski definition) is 2. The van der Waals surface area contributed by atoms with Gasteiger partial charge < -0.3 is 11.1 Å². The highest BCUT2D eigenvalue weighted by Gasteiger charge is 2.33. The van der Waals surface area contributed by atoms with E-state index >= 15 is 0 Å². The third-order valence-corrected chi connectivity index (χ3v) is 5.41. The maximum atomic E-state index is 12.7. The highest BCUT2D eigenvalue weighted by Crippen LogP contribution is 2.38. The number of aromatic nitrogens is 1. The van der Waals surface area contributed by atoms with Crippen LogP contribution in [0.15, 0.2) is 42.7 Å². The van der Waals surface area contributed by atoms with Crippen LogP contribution in [0.5, 0.6) is 0 Å². The van der Waals surface area contributed by atoms with Gasteiger partial charge in [-0.2, -0.15) is 0 Å². The van der Waals surface area contributed by atoms with Crippen molar-refractivity contribution < 1.29 is 4.79 Å². The standard InChI is InChI=1S/C21H27N3O.2ClH/c1-16-5-6-18(17-7-11-23-12-8-17)13-19(16)24-20(25)14-21(15-22)9-3-2-4-10-21;;/h5-8,11-13H,2-4,9-10,14-15,22H2,1H3,(H,24,25);2*1H. The largest absolute Gasteiger partial charge is 0.330 e. The zero-order valence-electron chi connectivity index (χ0n) is 15.7. The zero-order chi connectivity index (χ0) is 17.7. The van der Waals surface area contributed by atoms with Gasteiger partial charge in [-0.05, 0) is 66.6 Å². The predicted molar refractivity (Wildman–Crippen MR) is 117 cm³/mol. The smallest absolute Gasteiger partial charge is 0.224 e. The Morgan fingerprint density at radius 2 is 1.74 bits per heavy atom. The molecule has 0 spiro atoms. The van der Waals surface area contributed by atoms with E-state index in [0.717, 1.165) is 35.2 Å². The Hall–Kier alpha value is -1.62. The van der Waals surface area contributed by atoms with Crippen LogP contribution in [0.1, 0.15) is 44.1 Å². The van der Waals surface area contributed by atoms with Gasteiger partial charge in [0.1, 0.15) is 0 Å². The van der Waals surface area contributed by atoms with Gasteiger partial charge in [-0.25, -0.2) is 0 Å². The molecule has 3 rings (SSSR count).